The number of nitrogens with one attached hydrogen (secondary N) is 2. The molecule has 0 fully saturated rings. The van der Waals surface area contributed by atoms with Gasteiger partial charge in [-0.25, -0.2) is 5.43 Å². The van der Waals surface area contributed by atoms with Gasteiger partial charge in [0.25, 0.3) is 5.91 Å². The molecule has 0 unspecified atom stereocenters. The molecule has 22 heavy (non-hydrogen) atoms. The summed E-state index contributed by atoms with van der Waals surface area (Å²) in [4.78, 5) is 15.9. The lowest BCUT2D eigenvalue weighted by atomic mass is 10.2. The third kappa shape index (κ3) is 3.17. The summed E-state index contributed by atoms with van der Waals surface area (Å²) >= 11 is 0. The molecule has 1 aromatic heterocycles. The highest BCUT2D eigenvalue weighted by molar-refractivity contribution is 5.93. The maximum atomic E-state index is 11.9. The monoisotopic (exact) mass is 299 g/mol. The number of benzene rings is 1. The van der Waals surface area contributed by atoms with E-state index in [0.29, 0.717) is 17.9 Å². The number of aromatic nitrogens is 1. The Hall–Kier alpha value is -2.60. The Morgan fingerprint density at radius 3 is 2.86 bits per heavy atom. The minimum absolute atomic E-state index is 0.117. The number of ether oxygens (including phenoxy) is 2. The molecule has 114 valence electrons. The number of amides is 1. The number of fused-ring (bicyclic) bond motifs is 1. The lowest BCUT2D eigenvalue weighted by Gasteiger charge is -2.30. The molecule has 1 aliphatic heterocycles. The maximum absolute atomic E-state index is 11.9. The Labute approximate surface area is 128 Å². The van der Waals surface area contributed by atoms with Crippen molar-refractivity contribution in [3.8, 4) is 11.5 Å². The normalized spacial score (nSPS) is 17.6. The van der Waals surface area contributed by atoms with Gasteiger partial charge < -0.3 is 9.47 Å². The van der Waals surface area contributed by atoms with Gasteiger partial charge in [-0.05, 0) is 31.2 Å². The van der Waals surface area contributed by atoms with E-state index in [1.807, 2.05) is 31.2 Å². The highest BCUT2D eigenvalue weighted by Gasteiger charge is 2.26. The molecular weight excluding hydrogens is 282 g/mol. The lowest BCUT2D eigenvalue weighted by molar-refractivity contribution is 0.0597. The van der Waals surface area contributed by atoms with Crippen LogP contribution in [0, 0.1) is 0 Å². The summed E-state index contributed by atoms with van der Waals surface area (Å²) in [5, 5.41) is 0. The third-order valence-electron chi connectivity index (χ3n) is 3.43. The average Bonchev–Trinajstić information content (AvgIpc) is 2.59. The van der Waals surface area contributed by atoms with E-state index in [0.717, 1.165) is 5.75 Å². The number of hydrogen-bond donors (Lipinski definition) is 2. The maximum Gasteiger partial charge on any atom is 0.266 e. The zero-order chi connectivity index (χ0) is 15.4. The van der Waals surface area contributed by atoms with Crippen molar-refractivity contribution in [2.75, 3.05) is 6.61 Å². The summed E-state index contributed by atoms with van der Waals surface area (Å²) in [6.07, 6.45) is 2.94. The predicted octanol–water partition coefficient (Wildman–Crippen LogP) is 1.54. The Morgan fingerprint density at radius 2 is 2.09 bits per heavy atom. The Morgan fingerprint density at radius 1 is 1.27 bits per heavy atom. The molecule has 0 spiro atoms. The first-order valence-electron chi connectivity index (χ1n) is 7.08. The molecule has 1 amide bonds. The van der Waals surface area contributed by atoms with E-state index in [9.17, 15) is 4.79 Å². The van der Waals surface area contributed by atoms with E-state index in [1.165, 1.54) is 6.20 Å². The molecule has 6 nitrogen and oxygen atoms in total. The largest absolute Gasteiger partial charge is 0.486 e. The van der Waals surface area contributed by atoms with E-state index in [4.69, 9.17) is 9.47 Å². The zero-order valence-electron chi connectivity index (χ0n) is 12.2. The van der Waals surface area contributed by atoms with Gasteiger partial charge in [-0.2, -0.15) is 0 Å². The molecule has 6 heteroatoms. The molecule has 2 aromatic rings. The fourth-order valence-electron chi connectivity index (χ4n) is 2.12. The van der Waals surface area contributed by atoms with Gasteiger partial charge in [-0.1, -0.05) is 12.1 Å². The van der Waals surface area contributed by atoms with Gasteiger partial charge in [0, 0.05) is 12.4 Å². The van der Waals surface area contributed by atoms with Gasteiger partial charge in [-0.3, -0.25) is 15.2 Å². The highest BCUT2D eigenvalue weighted by atomic mass is 16.6. The molecule has 0 bridgehead atoms. The first-order valence-corrected chi connectivity index (χ1v) is 7.08. The van der Waals surface area contributed by atoms with Gasteiger partial charge >= 0.3 is 0 Å². The van der Waals surface area contributed by atoms with Crippen LogP contribution in [0.3, 0.4) is 0 Å². The minimum atomic E-state index is -0.239. The molecule has 3 rings (SSSR count). The summed E-state index contributed by atoms with van der Waals surface area (Å²) in [5.41, 5.74) is 6.10. The minimum Gasteiger partial charge on any atom is -0.486 e. The molecule has 1 aromatic carbocycles. The van der Waals surface area contributed by atoms with Crippen LogP contribution in [0.25, 0.3) is 0 Å². The van der Waals surface area contributed by atoms with Crippen molar-refractivity contribution < 1.29 is 14.3 Å². The number of pyridine rings is 1. The van der Waals surface area contributed by atoms with Crippen molar-refractivity contribution in [1.82, 2.24) is 15.8 Å². The Balaban J connectivity index is 1.55. The van der Waals surface area contributed by atoms with Crippen LogP contribution in [0.2, 0.25) is 0 Å². The summed E-state index contributed by atoms with van der Waals surface area (Å²) in [5.74, 6) is 1.22. The molecule has 2 atom stereocenters. The fourth-order valence-corrected chi connectivity index (χ4v) is 2.12. The topological polar surface area (TPSA) is 72.5 Å². The number of carbonyl (C=O) groups is 1. The predicted molar refractivity (Wildman–Crippen MR) is 80.7 cm³/mol. The van der Waals surface area contributed by atoms with Gasteiger partial charge in [0.15, 0.2) is 11.5 Å². The molecule has 2 N–H and O–H groups in total. The zero-order valence-corrected chi connectivity index (χ0v) is 12.2. The van der Waals surface area contributed by atoms with Gasteiger partial charge in [0.1, 0.15) is 12.7 Å². The number of hydrogen-bond acceptors (Lipinski definition) is 5. The smallest absolute Gasteiger partial charge is 0.266 e. The Bertz CT molecular complexity index is 648. The summed E-state index contributed by atoms with van der Waals surface area (Å²) < 4.78 is 11.5. The molecule has 1 aliphatic rings. The second kappa shape index (κ2) is 6.44. The van der Waals surface area contributed by atoms with E-state index in [1.54, 1.807) is 18.3 Å². The standard InChI is InChI=1S/C16H17N3O3/c1-11(18-19-16(20)12-5-4-8-17-9-12)15-10-21-13-6-2-3-7-14(13)22-15/h2-9,11,15,18H,10H2,1H3,(H,19,20)/t11-,15-/m1/s1. The van der Waals surface area contributed by atoms with Crippen molar-refractivity contribution in [2.45, 2.75) is 19.1 Å². The van der Waals surface area contributed by atoms with Gasteiger partial charge in [0.05, 0.1) is 11.6 Å². The summed E-state index contributed by atoms with van der Waals surface area (Å²) in [6, 6.07) is 10.8. The van der Waals surface area contributed by atoms with Crippen LogP contribution in [-0.2, 0) is 0 Å². The van der Waals surface area contributed by atoms with Crippen LogP contribution < -0.4 is 20.3 Å². The SMILES string of the molecule is C[C@@H](NNC(=O)c1cccnc1)[C@H]1COc2ccccc2O1. The van der Waals surface area contributed by atoms with Crippen molar-refractivity contribution in [2.24, 2.45) is 0 Å². The van der Waals surface area contributed by atoms with Crippen molar-refractivity contribution in [3.05, 3.63) is 54.4 Å². The molecular formula is C16H17N3O3. The number of rotatable bonds is 4. The van der Waals surface area contributed by atoms with E-state index >= 15 is 0 Å². The van der Waals surface area contributed by atoms with Crippen LogP contribution in [-0.4, -0.2) is 29.6 Å². The first-order chi connectivity index (χ1) is 10.7. The van der Waals surface area contributed by atoms with Gasteiger partial charge in [-0.15, -0.1) is 0 Å². The summed E-state index contributed by atoms with van der Waals surface area (Å²) in [6.45, 7) is 2.35. The number of para-hydroxylation sites is 2. The molecule has 0 radical (unpaired) electrons. The van der Waals surface area contributed by atoms with E-state index < -0.39 is 0 Å². The van der Waals surface area contributed by atoms with Crippen LogP contribution >= 0.6 is 0 Å². The van der Waals surface area contributed by atoms with Crippen molar-refractivity contribution in [1.29, 1.82) is 0 Å². The second-order valence-corrected chi connectivity index (χ2v) is 5.04. The number of hydrazine groups is 1. The van der Waals surface area contributed by atoms with E-state index in [-0.39, 0.29) is 18.1 Å². The quantitative estimate of drug-likeness (QED) is 0.838. The summed E-state index contributed by atoms with van der Waals surface area (Å²) in [7, 11) is 0. The average molecular weight is 299 g/mol. The Kier molecular flexibility index (Phi) is 4.20. The number of nitrogens with zero attached hydrogens (tertiary/aromatic N) is 1. The van der Waals surface area contributed by atoms with Crippen LogP contribution in [0.5, 0.6) is 11.5 Å². The molecule has 0 aliphatic carbocycles. The van der Waals surface area contributed by atoms with Crippen molar-refractivity contribution in [3.63, 3.8) is 0 Å². The van der Waals surface area contributed by atoms with Crippen LogP contribution in [0.4, 0.5) is 0 Å². The molecule has 0 saturated carbocycles. The first kappa shape index (κ1) is 14.3. The van der Waals surface area contributed by atoms with Crippen LogP contribution in [0.1, 0.15) is 17.3 Å². The molecule has 2 heterocycles. The molecule has 0 saturated heterocycles. The number of carbonyl (C=O) groups excluding carboxylic acids is 1. The lowest BCUT2D eigenvalue weighted by Crippen LogP contribution is -2.52. The third-order valence-corrected chi connectivity index (χ3v) is 3.43. The second-order valence-electron chi connectivity index (χ2n) is 5.04. The van der Waals surface area contributed by atoms with Crippen LogP contribution in [0.15, 0.2) is 48.8 Å². The highest BCUT2D eigenvalue weighted by Crippen LogP contribution is 2.31. The fraction of sp³-hybridized carbons (Fsp3) is 0.250. The van der Waals surface area contributed by atoms with Crippen molar-refractivity contribution >= 4 is 5.91 Å². The van der Waals surface area contributed by atoms with E-state index in [2.05, 4.69) is 15.8 Å². The van der Waals surface area contributed by atoms with Gasteiger partial charge in [0.2, 0.25) is 0 Å².